The summed E-state index contributed by atoms with van der Waals surface area (Å²) in [7, 11) is 0. The van der Waals surface area contributed by atoms with Gasteiger partial charge in [0.25, 0.3) is 0 Å². The summed E-state index contributed by atoms with van der Waals surface area (Å²) in [6, 6.07) is 9.31. The van der Waals surface area contributed by atoms with E-state index in [0.717, 1.165) is 16.6 Å². The van der Waals surface area contributed by atoms with Crippen molar-refractivity contribution in [1.82, 2.24) is 9.55 Å². The van der Waals surface area contributed by atoms with Crippen LogP contribution in [0.4, 0.5) is 5.95 Å². The van der Waals surface area contributed by atoms with Gasteiger partial charge in [0, 0.05) is 5.56 Å². The second kappa shape index (κ2) is 3.93. The molecule has 0 aliphatic heterocycles. The molecule has 1 aromatic carbocycles. The van der Waals surface area contributed by atoms with Crippen molar-refractivity contribution in [2.45, 2.75) is 6.54 Å². The van der Waals surface area contributed by atoms with Gasteiger partial charge in [-0.3, -0.25) is 0 Å². The smallest absolute Gasteiger partial charge is 0.201 e. The van der Waals surface area contributed by atoms with E-state index in [-0.39, 0.29) is 0 Å². The van der Waals surface area contributed by atoms with E-state index in [1.54, 1.807) is 30.7 Å². The van der Waals surface area contributed by atoms with Crippen LogP contribution in [0.3, 0.4) is 0 Å². The number of imidazole rings is 1. The summed E-state index contributed by atoms with van der Waals surface area (Å²) in [6.45, 7) is 0.577. The van der Waals surface area contributed by atoms with Crippen LogP contribution in [0, 0.1) is 11.3 Å². The van der Waals surface area contributed by atoms with E-state index in [1.165, 1.54) is 0 Å². The molecule has 0 aliphatic rings. The van der Waals surface area contributed by atoms with Gasteiger partial charge in [-0.05, 0) is 24.3 Å². The van der Waals surface area contributed by atoms with Gasteiger partial charge < -0.3 is 14.7 Å². The van der Waals surface area contributed by atoms with E-state index in [9.17, 15) is 0 Å². The van der Waals surface area contributed by atoms with Crippen LogP contribution in [0.15, 0.2) is 41.2 Å². The zero-order valence-electron chi connectivity index (χ0n) is 9.50. The normalized spacial score (nSPS) is 10.6. The summed E-state index contributed by atoms with van der Waals surface area (Å²) in [6.07, 6.45) is 3.28. The molecule has 0 saturated heterocycles. The highest BCUT2D eigenvalue weighted by Crippen LogP contribution is 2.20. The van der Waals surface area contributed by atoms with Crippen LogP contribution in [0.5, 0.6) is 0 Å². The van der Waals surface area contributed by atoms with Gasteiger partial charge >= 0.3 is 0 Å². The molecule has 5 nitrogen and oxygen atoms in total. The molecule has 88 valence electrons. The number of nitriles is 1. The van der Waals surface area contributed by atoms with E-state index in [1.807, 2.05) is 10.6 Å². The van der Waals surface area contributed by atoms with Crippen molar-refractivity contribution in [1.29, 1.82) is 5.26 Å². The second-order valence-electron chi connectivity index (χ2n) is 4.00. The maximum atomic E-state index is 8.93. The highest BCUT2D eigenvalue weighted by molar-refractivity contribution is 5.80. The van der Waals surface area contributed by atoms with Crippen molar-refractivity contribution in [3.8, 4) is 6.07 Å². The molecule has 5 heteroatoms. The Hall–Kier alpha value is -2.74. The van der Waals surface area contributed by atoms with Gasteiger partial charge in [0.05, 0.1) is 41.7 Å². The average Bonchev–Trinajstić information content (AvgIpc) is 2.99. The molecular formula is C13H10N4O. The molecule has 3 aromatic rings. The highest BCUT2D eigenvalue weighted by atomic mass is 16.3. The van der Waals surface area contributed by atoms with Gasteiger partial charge in [0.2, 0.25) is 5.95 Å². The number of rotatable bonds is 2. The predicted octanol–water partition coefficient (Wildman–Crippen LogP) is 2.13. The van der Waals surface area contributed by atoms with Crippen LogP contribution in [-0.2, 0) is 6.54 Å². The standard InChI is InChI=1S/C13H10N4O/c14-6-9-1-2-11-12(5-9)17(13(15)16-11)7-10-3-4-18-8-10/h1-5,8H,7H2,(H2,15,16). The fourth-order valence-electron chi connectivity index (χ4n) is 1.94. The Morgan fingerprint density at radius 1 is 1.39 bits per heavy atom. The number of nitrogens with two attached hydrogens (primary N) is 1. The Bertz CT molecular complexity index is 734. The Kier molecular flexibility index (Phi) is 2.27. The van der Waals surface area contributed by atoms with Gasteiger partial charge in [-0.2, -0.15) is 5.26 Å². The van der Waals surface area contributed by atoms with E-state index < -0.39 is 0 Å². The highest BCUT2D eigenvalue weighted by Gasteiger charge is 2.09. The number of hydrogen-bond donors (Lipinski definition) is 1. The number of fused-ring (bicyclic) bond motifs is 1. The summed E-state index contributed by atoms with van der Waals surface area (Å²) in [5.74, 6) is 0.432. The third-order valence-corrected chi connectivity index (χ3v) is 2.83. The summed E-state index contributed by atoms with van der Waals surface area (Å²) in [4.78, 5) is 4.27. The average molecular weight is 238 g/mol. The SMILES string of the molecule is N#Cc1ccc2nc(N)n(Cc3ccoc3)c2c1. The van der Waals surface area contributed by atoms with Crippen molar-refractivity contribution in [3.05, 3.63) is 47.9 Å². The van der Waals surface area contributed by atoms with Crippen molar-refractivity contribution < 1.29 is 4.42 Å². The Morgan fingerprint density at radius 2 is 2.28 bits per heavy atom. The molecule has 0 spiro atoms. The molecule has 0 aliphatic carbocycles. The lowest BCUT2D eigenvalue weighted by Gasteiger charge is -2.04. The fourth-order valence-corrected chi connectivity index (χ4v) is 1.94. The van der Waals surface area contributed by atoms with E-state index in [2.05, 4.69) is 11.1 Å². The Morgan fingerprint density at radius 3 is 3.00 bits per heavy atom. The van der Waals surface area contributed by atoms with Crippen LogP contribution >= 0.6 is 0 Å². The molecule has 2 heterocycles. The molecule has 0 unspecified atom stereocenters. The molecular weight excluding hydrogens is 228 g/mol. The van der Waals surface area contributed by atoms with Crippen molar-refractivity contribution in [3.63, 3.8) is 0 Å². The molecule has 0 atom stereocenters. The maximum absolute atomic E-state index is 8.93. The van der Waals surface area contributed by atoms with Crippen molar-refractivity contribution in [2.24, 2.45) is 0 Å². The Balaban J connectivity index is 2.15. The minimum absolute atomic E-state index is 0.432. The van der Waals surface area contributed by atoms with E-state index in [0.29, 0.717) is 18.1 Å². The topological polar surface area (TPSA) is 80.8 Å². The molecule has 18 heavy (non-hydrogen) atoms. The first-order chi connectivity index (χ1) is 8.78. The maximum Gasteiger partial charge on any atom is 0.201 e. The summed E-state index contributed by atoms with van der Waals surface area (Å²) >= 11 is 0. The second-order valence-corrected chi connectivity index (χ2v) is 4.00. The quantitative estimate of drug-likeness (QED) is 0.741. The Labute approximate surface area is 103 Å². The largest absolute Gasteiger partial charge is 0.472 e. The molecule has 2 N–H and O–H groups in total. The van der Waals surface area contributed by atoms with Gasteiger partial charge in [-0.15, -0.1) is 0 Å². The third kappa shape index (κ3) is 1.60. The first kappa shape index (κ1) is 10.4. The summed E-state index contributed by atoms with van der Waals surface area (Å²) in [5, 5.41) is 8.93. The van der Waals surface area contributed by atoms with Gasteiger partial charge in [0.15, 0.2) is 0 Å². The number of nitrogens with zero attached hydrogens (tertiary/aromatic N) is 3. The number of benzene rings is 1. The molecule has 2 aromatic heterocycles. The zero-order chi connectivity index (χ0) is 12.5. The van der Waals surface area contributed by atoms with E-state index in [4.69, 9.17) is 15.4 Å². The summed E-state index contributed by atoms with van der Waals surface area (Å²) < 4.78 is 6.90. The number of hydrogen-bond acceptors (Lipinski definition) is 4. The molecule has 0 radical (unpaired) electrons. The number of anilines is 1. The molecule has 0 fully saturated rings. The number of nitrogen functional groups attached to an aromatic ring is 1. The molecule has 0 amide bonds. The van der Waals surface area contributed by atoms with Gasteiger partial charge in [-0.1, -0.05) is 0 Å². The minimum Gasteiger partial charge on any atom is -0.472 e. The van der Waals surface area contributed by atoms with E-state index >= 15 is 0 Å². The fraction of sp³-hybridized carbons (Fsp3) is 0.0769. The third-order valence-electron chi connectivity index (χ3n) is 2.83. The monoisotopic (exact) mass is 238 g/mol. The van der Waals surface area contributed by atoms with Crippen LogP contribution in [-0.4, -0.2) is 9.55 Å². The predicted molar refractivity (Wildman–Crippen MR) is 66.7 cm³/mol. The van der Waals surface area contributed by atoms with Gasteiger partial charge in [0.1, 0.15) is 0 Å². The van der Waals surface area contributed by atoms with Crippen LogP contribution in [0.25, 0.3) is 11.0 Å². The molecule has 0 saturated carbocycles. The number of furan rings is 1. The molecule has 3 rings (SSSR count). The van der Waals surface area contributed by atoms with Crippen LogP contribution in [0.2, 0.25) is 0 Å². The zero-order valence-corrected chi connectivity index (χ0v) is 9.50. The van der Waals surface area contributed by atoms with Gasteiger partial charge in [-0.25, -0.2) is 4.98 Å². The lowest BCUT2D eigenvalue weighted by atomic mass is 10.2. The van der Waals surface area contributed by atoms with Crippen molar-refractivity contribution >= 4 is 17.0 Å². The van der Waals surface area contributed by atoms with Crippen molar-refractivity contribution in [2.75, 3.05) is 5.73 Å². The van der Waals surface area contributed by atoms with Crippen LogP contribution < -0.4 is 5.73 Å². The summed E-state index contributed by atoms with van der Waals surface area (Å²) in [5.41, 5.74) is 9.14. The lowest BCUT2D eigenvalue weighted by molar-refractivity contribution is 0.562. The first-order valence-corrected chi connectivity index (χ1v) is 5.45. The first-order valence-electron chi connectivity index (χ1n) is 5.45. The lowest BCUT2D eigenvalue weighted by Crippen LogP contribution is -2.03. The molecule has 0 bridgehead atoms. The number of aromatic nitrogens is 2. The van der Waals surface area contributed by atoms with Crippen LogP contribution in [0.1, 0.15) is 11.1 Å². The minimum atomic E-state index is 0.432.